The van der Waals surface area contributed by atoms with Crippen LogP contribution in [-0.2, 0) is 0 Å². The first kappa shape index (κ1) is 8.54. The lowest BCUT2D eigenvalue weighted by molar-refractivity contribution is 0.578. The van der Waals surface area contributed by atoms with Crippen molar-refractivity contribution in [3.8, 4) is 0 Å². The fraction of sp³-hybridized carbons (Fsp3) is 0.600. The van der Waals surface area contributed by atoms with Gasteiger partial charge in [-0.2, -0.15) is 0 Å². The van der Waals surface area contributed by atoms with Gasteiger partial charge in [-0.15, -0.1) is 0 Å². The van der Waals surface area contributed by atoms with E-state index in [0.29, 0.717) is 6.04 Å². The predicted molar refractivity (Wildman–Crippen MR) is 49.6 cm³/mol. The van der Waals surface area contributed by atoms with E-state index in [0.717, 1.165) is 6.54 Å². The van der Waals surface area contributed by atoms with Gasteiger partial charge in [0.15, 0.2) is 0 Å². The van der Waals surface area contributed by atoms with Gasteiger partial charge in [-0.1, -0.05) is 30.2 Å². The van der Waals surface area contributed by atoms with E-state index in [-0.39, 0.29) is 0 Å². The van der Waals surface area contributed by atoms with Gasteiger partial charge in [0.1, 0.15) is 0 Å². The molecule has 0 fully saturated rings. The molecule has 1 N–H and O–H groups in total. The molecule has 0 amide bonds. The molecule has 0 bridgehead atoms. The molecule has 1 nitrogen and oxygen atoms in total. The average molecular weight is 151 g/mol. The van der Waals surface area contributed by atoms with Crippen LogP contribution in [0.2, 0.25) is 0 Å². The highest BCUT2D eigenvalue weighted by molar-refractivity contribution is 5.26. The van der Waals surface area contributed by atoms with Gasteiger partial charge < -0.3 is 5.32 Å². The third-order valence-electron chi connectivity index (χ3n) is 2.16. The summed E-state index contributed by atoms with van der Waals surface area (Å²) in [4.78, 5) is 0. The van der Waals surface area contributed by atoms with Crippen LogP contribution in [0.25, 0.3) is 0 Å². The third-order valence-corrected chi connectivity index (χ3v) is 2.16. The number of hydrogen-bond donors (Lipinski definition) is 1. The van der Waals surface area contributed by atoms with E-state index in [1.54, 1.807) is 0 Å². The molecule has 1 heteroatoms. The highest BCUT2D eigenvalue weighted by atomic mass is 14.9. The van der Waals surface area contributed by atoms with Crippen LogP contribution in [0, 0.1) is 0 Å². The molecule has 62 valence electrons. The van der Waals surface area contributed by atoms with Crippen LogP contribution in [0.15, 0.2) is 23.3 Å². The maximum absolute atomic E-state index is 3.46. The molecule has 0 aromatic carbocycles. The summed E-state index contributed by atoms with van der Waals surface area (Å²) < 4.78 is 0. The van der Waals surface area contributed by atoms with Crippen molar-refractivity contribution in [3.05, 3.63) is 23.3 Å². The Hall–Kier alpha value is -0.560. The van der Waals surface area contributed by atoms with Gasteiger partial charge in [-0.05, 0) is 26.8 Å². The van der Waals surface area contributed by atoms with Gasteiger partial charge in [-0.3, -0.25) is 0 Å². The van der Waals surface area contributed by atoms with E-state index in [9.17, 15) is 0 Å². The molecule has 0 saturated heterocycles. The van der Waals surface area contributed by atoms with Crippen molar-refractivity contribution < 1.29 is 0 Å². The Bertz CT molecular complexity index is 189. The van der Waals surface area contributed by atoms with Crippen molar-refractivity contribution in [1.29, 1.82) is 0 Å². The topological polar surface area (TPSA) is 12.0 Å². The Morgan fingerprint density at radius 1 is 1.45 bits per heavy atom. The minimum Gasteiger partial charge on any atom is -0.310 e. The summed E-state index contributed by atoms with van der Waals surface area (Å²) in [6.45, 7) is 7.59. The van der Waals surface area contributed by atoms with Crippen molar-refractivity contribution >= 4 is 0 Å². The summed E-state index contributed by atoms with van der Waals surface area (Å²) in [7, 11) is 0. The molecule has 0 aliphatic heterocycles. The van der Waals surface area contributed by atoms with Crippen molar-refractivity contribution in [1.82, 2.24) is 5.32 Å². The van der Waals surface area contributed by atoms with Crippen LogP contribution in [0.3, 0.4) is 0 Å². The molecule has 0 aromatic heterocycles. The second-order valence-electron chi connectivity index (χ2n) is 3.24. The van der Waals surface area contributed by atoms with Crippen LogP contribution in [0.5, 0.6) is 0 Å². The predicted octanol–water partition coefficient (Wildman–Crippen LogP) is 2.26. The van der Waals surface area contributed by atoms with Crippen LogP contribution in [-0.4, -0.2) is 12.6 Å². The van der Waals surface area contributed by atoms with Crippen molar-refractivity contribution in [2.24, 2.45) is 0 Å². The van der Waals surface area contributed by atoms with Crippen molar-refractivity contribution in [2.45, 2.75) is 33.2 Å². The smallest absolute Gasteiger partial charge is 0.0317 e. The van der Waals surface area contributed by atoms with Crippen LogP contribution in [0.1, 0.15) is 27.2 Å². The lowest BCUT2D eigenvalue weighted by Gasteiger charge is -2.21. The molecular formula is C10H17N. The molecule has 0 saturated carbocycles. The fourth-order valence-corrected chi connectivity index (χ4v) is 1.42. The molecule has 1 unspecified atom stereocenters. The third kappa shape index (κ3) is 2.19. The van der Waals surface area contributed by atoms with E-state index in [2.05, 4.69) is 38.2 Å². The monoisotopic (exact) mass is 151 g/mol. The standard InChI is InChI=1S/C10H17N/c1-4-11-10-7-8(2)5-6-9(10)3/h5-6,10-11H,4,7H2,1-3H3. The van der Waals surface area contributed by atoms with Gasteiger partial charge in [0.25, 0.3) is 0 Å². The van der Waals surface area contributed by atoms with Crippen molar-refractivity contribution in [2.75, 3.05) is 6.54 Å². The molecule has 1 aliphatic carbocycles. The average Bonchev–Trinajstić information content (AvgIpc) is 1.98. The summed E-state index contributed by atoms with van der Waals surface area (Å²) >= 11 is 0. The number of allylic oxidation sites excluding steroid dienone is 2. The molecule has 0 heterocycles. The largest absolute Gasteiger partial charge is 0.310 e. The summed E-state index contributed by atoms with van der Waals surface area (Å²) in [5, 5.41) is 3.46. The minimum absolute atomic E-state index is 0.588. The van der Waals surface area contributed by atoms with E-state index in [4.69, 9.17) is 0 Å². The van der Waals surface area contributed by atoms with Gasteiger partial charge >= 0.3 is 0 Å². The Morgan fingerprint density at radius 2 is 2.18 bits per heavy atom. The van der Waals surface area contributed by atoms with Crippen LogP contribution >= 0.6 is 0 Å². The minimum atomic E-state index is 0.588. The van der Waals surface area contributed by atoms with E-state index >= 15 is 0 Å². The lowest BCUT2D eigenvalue weighted by atomic mass is 9.95. The van der Waals surface area contributed by atoms with Crippen LogP contribution < -0.4 is 5.32 Å². The Balaban J connectivity index is 2.58. The van der Waals surface area contributed by atoms with E-state index in [1.807, 2.05) is 0 Å². The van der Waals surface area contributed by atoms with Gasteiger partial charge in [0.2, 0.25) is 0 Å². The van der Waals surface area contributed by atoms with E-state index in [1.165, 1.54) is 17.6 Å². The van der Waals surface area contributed by atoms with Gasteiger partial charge in [0.05, 0.1) is 0 Å². The summed E-state index contributed by atoms with van der Waals surface area (Å²) in [5.41, 5.74) is 2.93. The summed E-state index contributed by atoms with van der Waals surface area (Å²) in [6.07, 6.45) is 5.60. The Labute approximate surface area is 69.2 Å². The lowest BCUT2D eigenvalue weighted by Crippen LogP contribution is -2.31. The fourth-order valence-electron chi connectivity index (χ4n) is 1.42. The number of rotatable bonds is 2. The van der Waals surface area contributed by atoms with E-state index < -0.39 is 0 Å². The zero-order valence-electron chi connectivity index (χ0n) is 7.65. The second-order valence-corrected chi connectivity index (χ2v) is 3.24. The van der Waals surface area contributed by atoms with Crippen molar-refractivity contribution in [3.63, 3.8) is 0 Å². The summed E-state index contributed by atoms with van der Waals surface area (Å²) in [5.74, 6) is 0. The SMILES string of the molecule is CCNC1CC(C)=CC=C1C. The molecule has 11 heavy (non-hydrogen) atoms. The molecule has 1 atom stereocenters. The highest BCUT2D eigenvalue weighted by Crippen LogP contribution is 2.17. The molecule has 1 rings (SSSR count). The molecule has 1 aliphatic rings. The van der Waals surface area contributed by atoms with Crippen LogP contribution in [0.4, 0.5) is 0 Å². The maximum Gasteiger partial charge on any atom is 0.0317 e. The zero-order chi connectivity index (χ0) is 8.27. The maximum atomic E-state index is 3.46. The first-order valence-corrected chi connectivity index (χ1v) is 4.31. The Kier molecular flexibility index (Phi) is 2.89. The first-order valence-electron chi connectivity index (χ1n) is 4.31. The number of likely N-dealkylation sites (N-methyl/N-ethyl adjacent to an activating group) is 1. The van der Waals surface area contributed by atoms with Gasteiger partial charge in [0, 0.05) is 6.04 Å². The zero-order valence-corrected chi connectivity index (χ0v) is 7.65. The highest BCUT2D eigenvalue weighted by Gasteiger charge is 2.11. The summed E-state index contributed by atoms with van der Waals surface area (Å²) in [6, 6.07) is 0.588. The second kappa shape index (κ2) is 3.72. The Morgan fingerprint density at radius 3 is 2.82 bits per heavy atom. The quantitative estimate of drug-likeness (QED) is 0.638. The molecule has 0 aromatic rings. The molecule has 0 spiro atoms. The molecular weight excluding hydrogens is 134 g/mol. The number of nitrogens with one attached hydrogen (secondary N) is 1. The molecule has 0 radical (unpaired) electrons. The van der Waals surface area contributed by atoms with Gasteiger partial charge in [-0.25, -0.2) is 0 Å². The number of hydrogen-bond acceptors (Lipinski definition) is 1. The first-order chi connectivity index (χ1) is 5.24. The normalized spacial score (nSPS) is 24.5.